The van der Waals surface area contributed by atoms with Crippen LogP contribution in [0.25, 0.3) is 11.1 Å². The first kappa shape index (κ1) is 22.3. The maximum atomic E-state index is 12.3. The second-order valence-corrected chi connectivity index (χ2v) is 8.08. The van der Waals surface area contributed by atoms with Crippen LogP contribution in [0, 0.1) is 5.41 Å². The number of benzene rings is 2. The number of amides is 1. The van der Waals surface area contributed by atoms with Gasteiger partial charge >= 0.3 is 6.09 Å². The van der Waals surface area contributed by atoms with Crippen LogP contribution in [0.3, 0.4) is 0 Å². The van der Waals surface area contributed by atoms with Crippen LogP contribution in [0.5, 0.6) is 5.75 Å². The second kappa shape index (κ2) is 10.1. The number of nitrogens with zero attached hydrogens (tertiary/aromatic N) is 3. The Hall–Kier alpha value is -3.39. The zero-order chi connectivity index (χ0) is 22.3. The molecule has 0 aliphatic heterocycles. The van der Waals surface area contributed by atoms with Gasteiger partial charge < -0.3 is 14.2 Å². The maximum absolute atomic E-state index is 12.3. The average molecular weight is 425 g/mol. The molecule has 1 N–H and O–H groups in total. The minimum Gasteiger partial charge on any atom is -0.465 e. The number of aromatic nitrogens is 3. The first-order valence-corrected chi connectivity index (χ1v) is 9.98. The molecule has 3 aromatic rings. The number of hydrogen-bond donors (Lipinski definition) is 1. The Morgan fingerprint density at radius 1 is 1.06 bits per heavy atom. The molecule has 8 heteroatoms. The van der Waals surface area contributed by atoms with E-state index in [1.54, 1.807) is 4.68 Å². The van der Waals surface area contributed by atoms with Crippen LogP contribution < -0.4 is 10.1 Å². The lowest BCUT2D eigenvalue weighted by molar-refractivity contribution is -0.0806. The Kier molecular flexibility index (Phi) is 7.25. The summed E-state index contributed by atoms with van der Waals surface area (Å²) in [5.41, 5.74) is 1.74. The molecule has 0 spiro atoms. The standard InChI is InChI=1S/C23H28N4O4/c1-23(2,3)20(31-22(28)25-16-29-4)21(27-15-24-14-26-27)30-19-12-10-18(11-13-19)17-8-6-5-7-9-17/h5-15,20-21H,16H2,1-4H3,(H,25,28). The number of nitrogens with one attached hydrogen (secondary N) is 1. The summed E-state index contributed by atoms with van der Waals surface area (Å²) in [4.78, 5) is 16.3. The largest absolute Gasteiger partial charge is 0.465 e. The van der Waals surface area contributed by atoms with Crippen molar-refractivity contribution in [2.45, 2.75) is 33.1 Å². The van der Waals surface area contributed by atoms with Gasteiger partial charge in [-0.25, -0.2) is 14.5 Å². The van der Waals surface area contributed by atoms with Gasteiger partial charge in [0.1, 0.15) is 25.1 Å². The number of rotatable bonds is 8. The van der Waals surface area contributed by atoms with E-state index < -0.39 is 23.8 Å². The van der Waals surface area contributed by atoms with Crippen molar-refractivity contribution in [3.63, 3.8) is 0 Å². The zero-order valence-electron chi connectivity index (χ0n) is 18.2. The number of ether oxygens (including phenoxy) is 3. The molecule has 1 amide bonds. The lowest BCUT2D eigenvalue weighted by atomic mass is 9.87. The summed E-state index contributed by atoms with van der Waals surface area (Å²) in [6, 6.07) is 17.8. The molecule has 8 nitrogen and oxygen atoms in total. The van der Waals surface area contributed by atoms with E-state index in [9.17, 15) is 4.79 Å². The van der Waals surface area contributed by atoms with Crippen molar-refractivity contribution in [1.29, 1.82) is 0 Å². The third-order valence-corrected chi connectivity index (χ3v) is 4.62. The van der Waals surface area contributed by atoms with Crippen molar-refractivity contribution in [1.82, 2.24) is 20.1 Å². The molecule has 0 aliphatic rings. The van der Waals surface area contributed by atoms with Gasteiger partial charge in [0, 0.05) is 12.5 Å². The van der Waals surface area contributed by atoms with Crippen molar-refractivity contribution in [3.8, 4) is 16.9 Å². The van der Waals surface area contributed by atoms with Crippen LogP contribution >= 0.6 is 0 Å². The van der Waals surface area contributed by atoms with Gasteiger partial charge in [-0.2, -0.15) is 5.10 Å². The Balaban J connectivity index is 1.85. The summed E-state index contributed by atoms with van der Waals surface area (Å²) >= 11 is 0. The van der Waals surface area contributed by atoms with Gasteiger partial charge in [0.05, 0.1) is 0 Å². The number of carbonyl (C=O) groups excluding carboxylic acids is 1. The van der Waals surface area contributed by atoms with Crippen molar-refractivity contribution in [2.24, 2.45) is 5.41 Å². The van der Waals surface area contributed by atoms with E-state index in [4.69, 9.17) is 14.2 Å². The summed E-state index contributed by atoms with van der Waals surface area (Å²) in [7, 11) is 1.49. The highest BCUT2D eigenvalue weighted by atomic mass is 16.6. The lowest BCUT2D eigenvalue weighted by Crippen LogP contribution is -2.44. The smallest absolute Gasteiger partial charge is 0.409 e. The molecule has 3 rings (SSSR count). The highest BCUT2D eigenvalue weighted by Gasteiger charge is 2.39. The van der Waals surface area contributed by atoms with Crippen molar-refractivity contribution < 1.29 is 19.0 Å². The third kappa shape index (κ3) is 6.05. The van der Waals surface area contributed by atoms with E-state index in [2.05, 4.69) is 27.5 Å². The molecule has 0 bridgehead atoms. The highest BCUT2D eigenvalue weighted by molar-refractivity contribution is 5.67. The molecule has 164 valence electrons. The fraction of sp³-hybridized carbons (Fsp3) is 0.348. The molecule has 2 unspecified atom stereocenters. The quantitative estimate of drug-likeness (QED) is 0.544. The van der Waals surface area contributed by atoms with E-state index in [1.807, 2.05) is 63.2 Å². The summed E-state index contributed by atoms with van der Waals surface area (Å²) in [6.45, 7) is 5.94. The van der Waals surface area contributed by atoms with Gasteiger partial charge in [-0.1, -0.05) is 63.2 Å². The second-order valence-electron chi connectivity index (χ2n) is 8.08. The van der Waals surface area contributed by atoms with Crippen molar-refractivity contribution in [3.05, 3.63) is 67.3 Å². The number of alkyl carbamates (subject to hydrolysis) is 1. The van der Waals surface area contributed by atoms with E-state index in [0.717, 1.165) is 11.1 Å². The maximum Gasteiger partial charge on any atom is 0.409 e. The Labute approximate surface area is 182 Å². The predicted molar refractivity (Wildman–Crippen MR) is 116 cm³/mol. The molecule has 0 saturated carbocycles. The molecule has 2 aromatic carbocycles. The fourth-order valence-corrected chi connectivity index (χ4v) is 3.05. The van der Waals surface area contributed by atoms with Crippen molar-refractivity contribution in [2.75, 3.05) is 13.8 Å². The molecule has 0 saturated heterocycles. The summed E-state index contributed by atoms with van der Waals surface area (Å²) in [6.07, 6.45) is 0.964. The number of carbonyl (C=O) groups is 1. The first-order valence-electron chi connectivity index (χ1n) is 9.98. The molecule has 0 fully saturated rings. The van der Waals surface area contributed by atoms with Gasteiger partial charge in [0.15, 0.2) is 6.10 Å². The molecule has 0 radical (unpaired) electrons. The van der Waals surface area contributed by atoms with Crippen LogP contribution in [-0.2, 0) is 9.47 Å². The molecule has 1 aromatic heterocycles. The predicted octanol–water partition coefficient (Wildman–Crippen LogP) is 4.27. The van der Waals surface area contributed by atoms with Gasteiger partial charge in [0.25, 0.3) is 0 Å². The molecular formula is C23H28N4O4. The monoisotopic (exact) mass is 424 g/mol. The van der Waals surface area contributed by atoms with Gasteiger partial charge in [-0.15, -0.1) is 0 Å². The topological polar surface area (TPSA) is 87.5 Å². The van der Waals surface area contributed by atoms with Gasteiger partial charge in [-0.05, 0) is 23.3 Å². The van der Waals surface area contributed by atoms with E-state index in [1.165, 1.54) is 19.8 Å². The normalized spacial score (nSPS) is 13.3. The van der Waals surface area contributed by atoms with Gasteiger partial charge in [-0.3, -0.25) is 5.32 Å². The van der Waals surface area contributed by atoms with E-state index in [0.29, 0.717) is 5.75 Å². The lowest BCUT2D eigenvalue weighted by Gasteiger charge is -2.35. The Bertz CT molecular complexity index is 938. The Morgan fingerprint density at radius 2 is 1.74 bits per heavy atom. The molecule has 31 heavy (non-hydrogen) atoms. The summed E-state index contributed by atoms with van der Waals surface area (Å²) in [5, 5.41) is 6.77. The van der Waals surface area contributed by atoms with Crippen LogP contribution in [0.1, 0.15) is 27.0 Å². The van der Waals surface area contributed by atoms with E-state index >= 15 is 0 Å². The van der Waals surface area contributed by atoms with Crippen LogP contribution in [0.4, 0.5) is 4.79 Å². The highest BCUT2D eigenvalue weighted by Crippen LogP contribution is 2.33. The molecular weight excluding hydrogens is 396 g/mol. The van der Waals surface area contributed by atoms with Crippen LogP contribution in [0.2, 0.25) is 0 Å². The number of methoxy groups -OCH3 is 1. The zero-order valence-corrected chi connectivity index (χ0v) is 18.2. The SMILES string of the molecule is COCNC(=O)OC(C(Oc1ccc(-c2ccccc2)cc1)n1cncn1)C(C)(C)C. The molecule has 0 aliphatic carbocycles. The number of hydrogen-bond acceptors (Lipinski definition) is 6. The van der Waals surface area contributed by atoms with E-state index in [-0.39, 0.29) is 6.73 Å². The Morgan fingerprint density at radius 3 is 2.32 bits per heavy atom. The summed E-state index contributed by atoms with van der Waals surface area (Å²) in [5.74, 6) is 0.621. The minimum atomic E-state index is -0.724. The summed E-state index contributed by atoms with van der Waals surface area (Å²) < 4.78 is 18.4. The van der Waals surface area contributed by atoms with Crippen LogP contribution in [0.15, 0.2) is 67.3 Å². The van der Waals surface area contributed by atoms with Crippen LogP contribution in [-0.4, -0.2) is 40.8 Å². The molecule has 2 atom stereocenters. The third-order valence-electron chi connectivity index (χ3n) is 4.62. The van der Waals surface area contributed by atoms with Crippen molar-refractivity contribution >= 4 is 6.09 Å². The first-order chi connectivity index (χ1) is 14.9. The fourth-order valence-electron chi connectivity index (χ4n) is 3.05. The molecule has 1 heterocycles. The average Bonchev–Trinajstić information content (AvgIpc) is 3.30. The minimum absolute atomic E-state index is 0.0471. The van der Waals surface area contributed by atoms with Gasteiger partial charge in [0.2, 0.25) is 6.23 Å².